The van der Waals surface area contributed by atoms with Crippen LogP contribution in [0.25, 0.3) is 0 Å². The fourth-order valence-electron chi connectivity index (χ4n) is 2.58. The standard InChI is InChI=1S/C17H25N3O2/c1-3-20(4-2)17(22)14-9-7-13(8-10-14)16(21)19-15(11-18)12-5-6-12/h7-10,12,15H,3-6,11,18H2,1-2H3,(H,19,21). The van der Waals surface area contributed by atoms with Gasteiger partial charge in [0.1, 0.15) is 0 Å². The van der Waals surface area contributed by atoms with Gasteiger partial charge in [-0.05, 0) is 56.9 Å². The molecule has 3 N–H and O–H groups in total. The number of hydrogen-bond donors (Lipinski definition) is 2. The molecule has 120 valence electrons. The Morgan fingerprint density at radius 2 is 1.73 bits per heavy atom. The smallest absolute Gasteiger partial charge is 0.253 e. The van der Waals surface area contributed by atoms with Gasteiger partial charge < -0.3 is 16.0 Å². The SMILES string of the molecule is CCN(CC)C(=O)c1ccc(C(=O)NC(CN)C2CC2)cc1. The number of carbonyl (C=O) groups is 2. The molecular formula is C17H25N3O2. The Hall–Kier alpha value is -1.88. The molecule has 1 aromatic carbocycles. The highest BCUT2D eigenvalue weighted by atomic mass is 16.2. The summed E-state index contributed by atoms with van der Waals surface area (Å²) >= 11 is 0. The highest BCUT2D eigenvalue weighted by Gasteiger charge is 2.31. The molecule has 1 aromatic rings. The van der Waals surface area contributed by atoms with Gasteiger partial charge in [0, 0.05) is 36.8 Å². The Morgan fingerprint density at radius 1 is 1.18 bits per heavy atom. The van der Waals surface area contributed by atoms with Gasteiger partial charge in [0.05, 0.1) is 0 Å². The average Bonchev–Trinajstić information content (AvgIpc) is 3.38. The molecule has 1 aliphatic rings. The quantitative estimate of drug-likeness (QED) is 0.804. The molecule has 1 fully saturated rings. The van der Waals surface area contributed by atoms with Crippen molar-refractivity contribution in [1.29, 1.82) is 0 Å². The molecule has 1 saturated carbocycles. The predicted molar refractivity (Wildman–Crippen MR) is 86.7 cm³/mol. The van der Waals surface area contributed by atoms with Gasteiger partial charge in [-0.15, -0.1) is 0 Å². The number of nitrogens with zero attached hydrogens (tertiary/aromatic N) is 1. The highest BCUT2D eigenvalue weighted by molar-refractivity contribution is 5.97. The van der Waals surface area contributed by atoms with Crippen LogP contribution in [0.5, 0.6) is 0 Å². The molecule has 2 amide bonds. The van der Waals surface area contributed by atoms with Gasteiger partial charge in [0.15, 0.2) is 0 Å². The molecule has 1 aliphatic carbocycles. The van der Waals surface area contributed by atoms with Crippen molar-refractivity contribution >= 4 is 11.8 Å². The third-order valence-electron chi connectivity index (χ3n) is 4.21. The van der Waals surface area contributed by atoms with Crippen molar-refractivity contribution in [1.82, 2.24) is 10.2 Å². The summed E-state index contributed by atoms with van der Waals surface area (Å²) in [6.07, 6.45) is 2.28. The molecule has 0 bridgehead atoms. The fraction of sp³-hybridized carbons (Fsp3) is 0.529. The molecule has 0 heterocycles. The Kier molecular flexibility index (Phi) is 5.55. The van der Waals surface area contributed by atoms with E-state index in [4.69, 9.17) is 5.73 Å². The Labute approximate surface area is 131 Å². The first-order valence-electron chi connectivity index (χ1n) is 8.00. The summed E-state index contributed by atoms with van der Waals surface area (Å²) in [5, 5.41) is 2.98. The number of amides is 2. The van der Waals surface area contributed by atoms with Gasteiger partial charge in [0.2, 0.25) is 0 Å². The van der Waals surface area contributed by atoms with Crippen LogP contribution in [0.3, 0.4) is 0 Å². The van der Waals surface area contributed by atoms with Crippen LogP contribution < -0.4 is 11.1 Å². The average molecular weight is 303 g/mol. The number of rotatable bonds is 7. The van der Waals surface area contributed by atoms with Crippen molar-refractivity contribution in [3.05, 3.63) is 35.4 Å². The second-order valence-electron chi connectivity index (χ2n) is 5.71. The molecule has 0 aromatic heterocycles. The van der Waals surface area contributed by atoms with Crippen molar-refractivity contribution < 1.29 is 9.59 Å². The maximum Gasteiger partial charge on any atom is 0.253 e. The highest BCUT2D eigenvalue weighted by Crippen LogP contribution is 2.32. The molecule has 2 rings (SSSR count). The van der Waals surface area contributed by atoms with E-state index in [0.717, 1.165) is 12.8 Å². The van der Waals surface area contributed by atoms with Crippen LogP contribution in [-0.4, -0.2) is 42.4 Å². The third kappa shape index (κ3) is 3.85. The van der Waals surface area contributed by atoms with Crippen LogP contribution in [0.1, 0.15) is 47.4 Å². The van der Waals surface area contributed by atoms with Gasteiger partial charge in [0.25, 0.3) is 11.8 Å². The maximum atomic E-state index is 12.2. The molecule has 5 nitrogen and oxygen atoms in total. The summed E-state index contributed by atoms with van der Waals surface area (Å²) in [7, 11) is 0. The van der Waals surface area contributed by atoms with Gasteiger partial charge in [-0.1, -0.05) is 0 Å². The molecule has 1 unspecified atom stereocenters. The van der Waals surface area contributed by atoms with Crippen LogP contribution in [0, 0.1) is 5.92 Å². The topological polar surface area (TPSA) is 75.4 Å². The van der Waals surface area contributed by atoms with E-state index >= 15 is 0 Å². The minimum Gasteiger partial charge on any atom is -0.348 e. The number of nitrogens with two attached hydrogens (primary N) is 1. The first-order chi connectivity index (χ1) is 10.6. The van der Waals surface area contributed by atoms with Gasteiger partial charge in [-0.3, -0.25) is 9.59 Å². The predicted octanol–water partition coefficient (Wildman–Crippen LogP) is 1.64. The summed E-state index contributed by atoms with van der Waals surface area (Å²) < 4.78 is 0. The van der Waals surface area contributed by atoms with E-state index in [2.05, 4.69) is 5.32 Å². The van der Waals surface area contributed by atoms with Crippen LogP contribution in [0.15, 0.2) is 24.3 Å². The Balaban J connectivity index is 2.01. The molecule has 0 spiro atoms. The summed E-state index contributed by atoms with van der Waals surface area (Å²) in [6.45, 7) is 5.73. The van der Waals surface area contributed by atoms with Crippen LogP contribution in [0.4, 0.5) is 0 Å². The van der Waals surface area contributed by atoms with E-state index in [1.165, 1.54) is 0 Å². The number of carbonyl (C=O) groups excluding carboxylic acids is 2. The monoisotopic (exact) mass is 303 g/mol. The number of nitrogens with one attached hydrogen (secondary N) is 1. The summed E-state index contributed by atoms with van der Waals surface area (Å²) in [5.74, 6) is 0.399. The largest absolute Gasteiger partial charge is 0.348 e. The van der Waals surface area contributed by atoms with E-state index < -0.39 is 0 Å². The molecule has 0 radical (unpaired) electrons. The minimum atomic E-state index is -0.121. The molecule has 5 heteroatoms. The normalized spacial score (nSPS) is 15.2. The summed E-state index contributed by atoms with van der Waals surface area (Å²) in [5.41, 5.74) is 6.88. The molecular weight excluding hydrogens is 278 g/mol. The zero-order valence-electron chi connectivity index (χ0n) is 13.3. The fourth-order valence-corrected chi connectivity index (χ4v) is 2.58. The zero-order valence-corrected chi connectivity index (χ0v) is 13.3. The van der Waals surface area contributed by atoms with E-state index in [1.54, 1.807) is 29.2 Å². The van der Waals surface area contributed by atoms with Crippen LogP contribution >= 0.6 is 0 Å². The van der Waals surface area contributed by atoms with Crippen molar-refractivity contribution in [2.75, 3.05) is 19.6 Å². The van der Waals surface area contributed by atoms with Gasteiger partial charge in [-0.2, -0.15) is 0 Å². The van der Waals surface area contributed by atoms with Crippen LogP contribution in [0.2, 0.25) is 0 Å². The zero-order chi connectivity index (χ0) is 16.1. The van der Waals surface area contributed by atoms with Crippen molar-refractivity contribution in [2.24, 2.45) is 11.7 Å². The first-order valence-corrected chi connectivity index (χ1v) is 8.00. The van der Waals surface area contributed by atoms with E-state index in [0.29, 0.717) is 36.7 Å². The lowest BCUT2D eigenvalue weighted by Gasteiger charge is -2.19. The lowest BCUT2D eigenvalue weighted by Crippen LogP contribution is -2.41. The van der Waals surface area contributed by atoms with E-state index in [-0.39, 0.29) is 17.9 Å². The van der Waals surface area contributed by atoms with E-state index in [1.807, 2.05) is 13.8 Å². The molecule has 0 saturated heterocycles. The summed E-state index contributed by atoms with van der Waals surface area (Å²) in [4.78, 5) is 26.2. The lowest BCUT2D eigenvalue weighted by atomic mass is 10.1. The third-order valence-corrected chi connectivity index (χ3v) is 4.21. The first kappa shape index (κ1) is 16.5. The second kappa shape index (κ2) is 7.40. The van der Waals surface area contributed by atoms with Crippen molar-refractivity contribution in [3.63, 3.8) is 0 Å². The molecule has 0 aliphatic heterocycles. The molecule has 22 heavy (non-hydrogen) atoms. The van der Waals surface area contributed by atoms with E-state index in [9.17, 15) is 9.59 Å². The Bertz CT molecular complexity index is 519. The maximum absolute atomic E-state index is 12.2. The van der Waals surface area contributed by atoms with Crippen molar-refractivity contribution in [2.45, 2.75) is 32.7 Å². The summed E-state index contributed by atoms with van der Waals surface area (Å²) in [6, 6.07) is 6.89. The van der Waals surface area contributed by atoms with Crippen LogP contribution in [-0.2, 0) is 0 Å². The Morgan fingerprint density at radius 3 is 2.18 bits per heavy atom. The number of hydrogen-bond acceptors (Lipinski definition) is 3. The second-order valence-corrected chi connectivity index (χ2v) is 5.71. The number of benzene rings is 1. The lowest BCUT2D eigenvalue weighted by molar-refractivity contribution is 0.0772. The van der Waals surface area contributed by atoms with Gasteiger partial charge >= 0.3 is 0 Å². The van der Waals surface area contributed by atoms with Crippen molar-refractivity contribution in [3.8, 4) is 0 Å². The van der Waals surface area contributed by atoms with Gasteiger partial charge in [-0.25, -0.2) is 0 Å². The molecule has 1 atom stereocenters. The minimum absolute atomic E-state index is 0.00484.